The third-order valence-corrected chi connectivity index (χ3v) is 3.64. The summed E-state index contributed by atoms with van der Waals surface area (Å²) in [6.07, 6.45) is 6.33. The van der Waals surface area contributed by atoms with Gasteiger partial charge in [0.1, 0.15) is 0 Å². The molecule has 0 bridgehead atoms. The monoisotopic (exact) mass is 212 g/mol. The molecule has 0 aliphatic carbocycles. The minimum absolute atomic E-state index is 0.407. The van der Waals surface area contributed by atoms with Gasteiger partial charge in [0.05, 0.1) is 5.75 Å². The fourth-order valence-electron chi connectivity index (χ4n) is 1.78. The summed E-state index contributed by atoms with van der Waals surface area (Å²) >= 11 is 1.84. The molecule has 0 saturated carbocycles. The highest BCUT2D eigenvalue weighted by Crippen LogP contribution is 2.15. The number of piperidine rings is 1. The summed E-state index contributed by atoms with van der Waals surface area (Å²) in [5.41, 5.74) is 5.96. The van der Waals surface area contributed by atoms with Crippen LogP contribution in [-0.4, -0.2) is 42.1 Å². The molecule has 1 fully saturated rings. The molecule has 3 heteroatoms. The number of likely N-dealkylation sites (tertiary alicyclic amines) is 1. The number of thioether (sulfide) groups is 1. The van der Waals surface area contributed by atoms with Gasteiger partial charge in [-0.1, -0.05) is 12.8 Å². The van der Waals surface area contributed by atoms with Crippen LogP contribution in [0.1, 0.15) is 13.3 Å². The van der Waals surface area contributed by atoms with Gasteiger partial charge < -0.3 is 10.6 Å². The number of terminal acetylenes is 1. The summed E-state index contributed by atoms with van der Waals surface area (Å²) < 4.78 is 0. The first kappa shape index (κ1) is 11.9. The summed E-state index contributed by atoms with van der Waals surface area (Å²) in [6, 6.07) is 0.407. The number of nitrogens with zero attached hydrogens (tertiary/aromatic N) is 1. The highest BCUT2D eigenvalue weighted by atomic mass is 32.2. The van der Waals surface area contributed by atoms with Crippen LogP contribution in [0, 0.1) is 18.3 Å². The van der Waals surface area contributed by atoms with Crippen LogP contribution in [0.2, 0.25) is 0 Å². The molecule has 0 amide bonds. The van der Waals surface area contributed by atoms with Crippen LogP contribution in [0.4, 0.5) is 0 Å². The Kier molecular flexibility index (Phi) is 5.39. The predicted octanol–water partition coefficient (Wildman–Crippen LogP) is 1.02. The van der Waals surface area contributed by atoms with Crippen molar-refractivity contribution in [3.05, 3.63) is 0 Å². The maximum absolute atomic E-state index is 5.96. The van der Waals surface area contributed by atoms with Gasteiger partial charge in [0, 0.05) is 24.9 Å². The van der Waals surface area contributed by atoms with Crippen LogP contribution in [0.15, 0.2) is 0 Å². The molecule has 1 rings (SSSR count). The first-order valence-corrected chi connectivity index (χ1v) is 6.38. The molecule has 2 N–H and O–H groups in total. The third kappa shape index (κ3) is 3.91. The van der Waals surface area contributed by atoms with Crippen molar-refractivity contribution >= 4 is 11.8 Å². The van der Waals surface area contributed by atoms with Gasteiger partial charge in [-0.2, -0.15) is 0 Å². The van der Waals surface area contributed by atoms with Crippen molar-refractivity contribution in [3.8, 4) is 12.3 Å². The van der Waals surface area contributed by atoms with E-state index in [-0.39, 0.29) is 0 Å². The van der Waals surface area contributed by atoms with Gasteiger partial charge in [0.2, 0.25) is 0 Å². The molecule has 0 spiro atoms. The minimum atomic E-state index is 0.407. The standard InChI is InChI=1S/C11H20N2S/c1-3-7-14-8-6-13-5-4-11(12)10(2)9-13/h1,10-11H,4-9,12H2,2H3. The van der Waals surface area contributed by atoms with E-state index in [0.29, 0.717) is 12.0 Å². The van der Waals surface area contributed by atoms with Crippen LogP contribution in [0.25, 0.3) is 0 Å². The minimum Gasteiger partial charge on any atom is -0.327 e. The second kappa shape index (κ2) is 6.34. The zero-order valence-electron chi connectivity index (χ0n) is 8.91. The Morgan fingerprint density at radius 3 is 3.07 bits per heavy atom. The van der Waals surface area contributed by atoms with E-state index in [4.69, 9.17) is 12.2 Å². The second-order valence-corrected chi connectivity index (χ2v) is 5.09. The molecule has 14 heavy (non-hydrogen) atoms. The van der Waals surface area contributed by atoms with Crippen molar-refractivity contribution in [3.63, 3.8) is 0 Å². The van der Waals surface area contributed by atoms with Gasteiger partial charge >= 0.3 is 0 Å². The highest BCUT2D eigenvalue weighted by molar-refractivity contribution is 7.99. The average molecular weight is 212 g/mol. The topological polar surface area (TPSA) is 29.3 Å². The summed E-state index contributed by atoms with van der Waals surface area (Å²) in [6.45, 7) is 5.70. The van der Waals surface area contributed by atoms with Crippen LogP contribution >= 0.6 is 11.8 Å². The Hall–Kier alpha value is -0.170. The first-order chi connectivity index (χ1) is 6.74. The van der Waals surface area contributed by atoms with E-state index in [0.717, 1.165) is 37.6 Å². The maximum atomic E-state index is 5.96. The zero-order valence-corrected chi connectivity index (χ0v) is 9.72. The molecule has 0 aromatic heterocycles. The Morgan fingerprint density at radius 2 is 2.43 bits per heavy atom. The van der Waals surface area contributed by atoms with E-state index in [9.17, 15) is 0 Å². The molecular formula is C11H20N2S. The molecule has 1 aliphatic rings. The van der Waals surface area contributed by atoms with Crippen molar-refractivity contribution in [2.24, 2.45) is 11.7 Å². The van der Waals surface area contributed by atoms with Crippen LogP contribution in [0.5, 0.6) is 0 Å². The lowest BCUT2D eigenvalue weighted by atomic mass is 9.95. The maximum Gasteiger partial charge on any atom is 0.0545 e. The van der Waals surface area contributed by atoms with Crippen LogP contribution < -0.4 is 5.73 Å². The molecule has 2 nitrogen and oxygen atoms in total. The lowest BCUT2D eigenvalue weighted by Gasteiger charge is -2.34. The fraction of sp³-hybridized carbons (Fsp3) is 0.818. The van der Waals surface area contributed by atoms with Crippen molar-refractivity contribution in [2.45, 2.75) is 19.4 Å². The SMILES string of the molecule is C#CCSCCN1CCC(N)C(C)C1. The number of hydrogen-bond donors (Lipinski definition) is 1. The molecule has 0 aromatic rings. The normalized spacial score (nSPS) is 28.6. The van der Waals surface area contributed by atoms with E-state index < -0.39 is 0 Å². The van der Waals surface area contributed by atoms with Crippen LogP contribution in [0.3, 0.4) is 0 Å². The van der Waals surface area contributed by atoms with Gasteiger partial charge in [-0.05, 0) is 18.9 Å². The van der Waals surface area contributed by atoms with Crippen molar-refractivity contribution in [1.82, 2.24) is 4.90 Å². The van der Waals surface area contributed by atoms with Gasteiger partial charge in [-0.25, -0.2) is 0 Å². The van der Waals surface area contributed by atoms with Gasteiger partial charge in [0.25, 0.3) is 0 Å². The number of hydrogen-bond acceptors (Lipinski definition) is 3. The Morgan fingerprint density at radius 1 is 1.64 bits per heavy atom. The lowest BCUT2D eigenvalue weighted by Crippen LogP contribution is -2.46. The predicted molar refractivity (Wildman–Crippen MR) is 64.4 cm³/mol. The molecule has 2 unspecified atom stereocenters. The van der Waals surface area contributed by atoms with Crippen molar-refractivity contribution in [2.75, 3.05) is 31.1 Å². The average Bonchev–Trinajstić information content (AvgIpc) is 2.18. The van der Waals surface area contributed by atoms with E-state index in [2.05, 4.69) is 17.7 Å². The van der Waals surface area contributed by atoms with Crippen LogP contribution in [-0.2, 0) is 0 Å². The summed E-state index contributed by atoms with van der Waals surface area (Å²) in [5.74, 6) is 5.27. The number of rotatable bonds is 4. The highest BCUT2D eigenvalue weighted by Gasteiger charge is 2.22. The van der Waals surface area contributed by atoms with E-state index in [1.807, 2.05) is 11.8 Å². The summed E-state index contributed by atoms with van der Waals surface area (Å²) in [5, 5.41) is 0. The van der Waals surface area contributed by atoms with Crippen molar-refractivity contribution in [1.29, 1.82) is 0 Å². The first-order valence-electron chi connectivity index (χ1n) is 5.23. The van der Waals surface area contributed by atoms with E-state index in [1.54, 1.807) is 0 Å². The second-order valence-electron chi connectivity index (χ2n) is 3.99. The Labute approximate surface area is 91.6 Å². The Bertz CT molecular complexity index is 200. The van der Waals surface area contributed by atoms with Gasteiger partial charge in [0.15, 0.2) is 0 Å². The Balaban J connectivity index is 2.11. The lowest BCUT2D eigenvalue weighted by molar-refractivity contribution is 0.173. The molecule has 1 aliphatic heterocycles. The largest absolute Gasteiger partial charge is 0.327 e. The van der Waals surface area contributed by atoms with Gasteiger partial charge in [-0.15, -0.1) is 18.2 Å². The fourth-order valence-corrected chi connectivity index (χ4v) is 2.43. The van der Waals surface area contributed by atoms with Gasteiger partial charge in [-0.3, -0.25) is 0 Å². The number of nitrogens with two attached hydrogens (primary N) is 1. The van der Waals surface area contributed by atoms with Crippen molar-refractivity contribution < 1.29 is 0 Å². The van der Waals surface area contributed by atoms with E-state index in [1.165, 1.54) is 0 Å². The smallest absolute Gasteiger partial charge is 0.0545 e. The summed E-state index contributed by atoms with van der Waals surface area (Å²) in [4.78, 5) is 2.50. The third-order valence-electron chi connectivity index (χ3n) is 2.79. The molecular weight excluding hydrogens is 192 g/mol. The molecule has 1 saturated heterocycles. The molecule has 80 valence electrons. The quantitative estimate of drug-likeness (QED) is 0.557. The van der Waals surface area contributed by atoms with E-state index >= 15 is 0 Å². The molecule has 0 aromatic carbocycles. The molecule has 1 heterocycles. The zero-order chi connectivity index (χ0) is 10.4. The summed E-state index contributed by atoms with van der Waals surface area (Å²) in [7, 11) is 0. The molecule has 2 atom stereocenters. The molecule has 0 radical (unpaired) electrons.